The first-order chi connectivity index (χ1) is 10.2. The average molecular weight is 302 g/mol. The number of rotatable bonds is 4. The quantitative estimate of drug-likeness (QED) is 0.790. The number of aromatic nitrogens is 3. The Morgan fingerprint density at radius 1 is 1.33 bits per heavy atom. The van der Waals surface area contributed by atoms with Gasteiger partial charge in [-0.1, -0.05) is 17.4 Å². The number of carbonyl (C=O) groups excluding carboxylic acids is 1. The summed E-state index contributed by atoms with van der Waals surface area (Å²) < 4.78 is 6.93. The molecule has 3 heterocycles. The van der Waals surface area contributed by atoms with E-state index >= 15 is 0 Å². The highest BCUT2D eigenvalue weighted by Gasteiger charge is 2.13. The number of furan rings is 1. The van der Waals surface area contributed by atoms with Crippen LogP contribution in [0.5, 0.6) is 0 Å². The van der Waals surface area contributed by atoms with Gasteiger partial charge in [0.2, 0.25) is 5.13 Å². The summed E-state index contributed by atoms with van der Waals surface area (Å²) >= 11 is 1.22. The third-order valence-corrected chi connectivity index (χ3v) is 3.30. The first-order valence-corrected chi connectivity index (χ1v) is 6.92. The fourth-order valence-corrected chi connectivity index (χ4v) is 2.17. The van der Waals surface area contributed by atoms with Crippen LogP contribution in [0.4, 0.5) is 5.13 Å². The summed E-state index contributed by atoms with van der Waals surface area (Å²) in [6.07, 6.45) is 1.66. The third-order valence-electron chi connectivity index (χ3n) is 2.69. The average Bonchev–Trinajstić information content (AvgIpc) is 3.13. The molecular weight excluding hydrogens is 292 g/mol. The number of anilines is 1. The minimum absolute atomic E-state index is 0.131. The molecule has 3 aromatic rings. The molecule has 0 fully saturated rings. The number of hydrogen-bond acceptors (Lipinski definition) is 6. The van der Waals surface area contributed by atoms with E-state index in [1.807, 2.05) is 0 Å². The molecule has 0 aliphatic rings. The van der Waals surface area contributed by atoms with Crippen LogP contribution in [0.2, 0.25) is 0 Å². The van der Waals surface area contributed by atoms with Gasteiger partial charge in [-0.3, -0.25) is 14.9 Å². The van der Waals surface area contributed by atoms with E-state index in [1.54, 1.807) is 30.5 Å². The lowest BCUT2D eigenvalue weighted by atomic mass is 10.4. The Kier molecular flexibility index (Phi) is 3.61. The predicted octanol–water partition coefficient (Wildman–Crippen LogP) is 1.59. The van der Waals surface area contributed by atoms with E-state index in [4.69, 9.17) is 4.42 Å². The number of amides is 1. The van der Waals surface area contributed by atoms with Gasteiger partial charge in [0.1, 0.15) is 11.3 Å². The standard InChI is InChI=1S/C13H10N4O3S/c18-11-3-1-2-6-17(11)7-9-4-5-10(20-9)12(19)15-13-16-14-8-21-13/h1-6,8H,7H2,(H,15,16,19). The predicted molar refractivity (Wildman–Crippen MR) is 76.4 cm³/mol. The van der Waals surface area contributed by atoms with Gasteiger partial charge in [-0.05, 0) is 18.2 Å². The van der Waals surface area contributed by atoms with Gasteiger partial charge >= 0.3 is 0 Å². The van der Waals surface area contributed by atoms with Crippen molar-refractivity contribution in [1.82, 2.24) is 14.8 Å². The zero-order valence-corrected chi connectivity index (χ0v) is 11.5. The molecule has 8 heteroatoms. The lowest BCUT2D eigenvalue weighted by Crippen LogP contribution is -2.18. The molecule has 0 aliphatic carbocycles. The fourth-order valence-electron chi connectivity index (χ4n) is 1.73. The van der Waals surface area contributed by atoms with Crippen molar-refractivity contribution in [2.45, 2.75) is 6.54 Å². The van der Waals surface area contributed by atoms with Crippen LogP contribution in [-0.2, 0) is 6.54 Å². The zero-order valence-electron chi connectivity index (χ0n) is 10.7. The molecule has 21 heavy (non-hydrogen) atoms. The van der Waals surface area contributed by atoms with Crippen molar-refractivity contribution in [1.29, 1.82) is 0 Å². The lowest BCUT2D eigenvalue weighted by Gasteiger charge is -2.01. The molecule has 1 amide bonds. The van der Waals surface area contributed by atoms with Crippen LogP contribution in [0.15, 0.2) is 51.3 Å². The van der Waals surface area contributed by atoms with Gasteiger partial charge in [-0.15, -0.1) is 10.2 Å². The van der Waals surface area contributed by atoms with Crippen molar-refractivity contribution in [3.05, 3.63) is 63.9 Å². The van der Waals surface area contributed by atoms with Gasteiger partial charge in [0.15, 0.2) is 5.76 Å². The van der Waals surface area contributed by atoms with E-state index in [0.717, 1.165) is 0 Å². The van der Waals surface area contributed by atoms with Crippen LogP contribution in [0.25, 0.3) is 0 Å². The molecule has 0 spiro atoms. The maximum absolute atomic E-state index is 11.9. The SMILES string of the molecule is O=C(Nc1nncs1)c1ccc(Cn2ccccc2=O)o1. The van der Waals surface area contributed by atoms with E-state index in [9.17, 15) is 9.59 Å². The maximum atomic E-state index is 11.9. The summed E-state index contributed by atoms with van der Waals surface area (Å²) in [5, 5.41) is 10.3. The van der Waals surface area contributed by atoms with Crippen molar-refractivity contribution in [3.63, 3.8) is 0 Å². The van der Waals surface area contributed by atoms with Crippen LogP contribution >= 0.6 is 11.3 Å². The van der Waals surface area contributed by atoms with Gasteiger partial charge in [0.05, 0.1) is 6.54 Å². The Hall–Kier alpha value is -2.74. The van der Waals surface area contributed by atoms with Crippen LogP contribution in [0, 0.1) is 0 Å². The summed E-state index contributed by atoms with van der Waals surface area (Å²) in [7, 11) is 0. The number of nitrogens with zero attached hydrogens (tertiary/aromatic N) is 3. The van der Waals surface area contributed by atoms with Crippen LogP contribution in [0.3, 0.4) is 0 Å². The molecule has 3 aromatic heterocycles. The minimum atomic E-state index is -0.404. The second-order valence-corrected chi connectivity index (χ2v) is 4.96. The molecule has 0 atom stereocenters. The number of pyridine rings is 1. The molecule has 1 N–H and O–H groups in total. The summed E-state index contributed by atoms with van der Waals surface area (Å²) in [5.74, 6) is 0.272. The van der Waals surface area contributed by atoms with Crippen LogP contribution in [-0.4, -0.2) is 20.7 Å². The summed E-state index contributed by atoms with van der Waals surface area (Å²) in [5.41, 5.74) is 1.39. The molecule has 0 aliphatic heterocycles. The number of nitrogens with one attached hydrogen (secondary N) is 1. The first kappa shape index (κ1) is 13.3. The van der Waals surface area contributed by atoms with Crippen molar-refractivity contribution >= 4 is 22.4 Å². The Balaban J connectivity index is 1.73. The van der Waals surface area contributed by atoms with E-state index in [1.165, 1.54) is 27.5 Å². The molecule has 3 rings (SSSR count). The monoisotopic (exact) mass is 302 g/mol. The van der Waals surface area contributed by atoms with Crippen LogP contribution < -0.4 is 10.9 Å². The molecule has 0 aromatic carbocycles. The van der Waals surface area contributed by atoms with Crippen molar-refractivity contribution < 1.29 is 9.21 Å². The van der Waals surface area contributed by atoms with Gasteiger partial charge in [0.25, 0.3) is 11.5 Å². The number of carbonyl (C=O) groups is 1. The second kappa shape index (κ2) is 5.71. The molecular formula is C13H10N4O3S. The van der Waals surface area contributed by atoms with E-state index < -0.39 is 5.91 Å². The highest BCUT2D eigenvalue weighted by Crippen LogP contribution is 2.13. The zero-order chi connectivity index (χ0) is 14.7. The van der Waals surface area contributed by atoms with E-state index in [-0.39, 0.29) is 17.9 Å². The normalized spacial score (nSPS) is 10.5. The summed E-state index contributed by atoms with van der Waals surface area (Å²) in [6.45, 7) is 0.270. The Bertz CT molecular complexity index is 807. The van der Waals surface area contributed by atoms with Gasteiger partial charge < -0.3 is 8.98 Å². The minimum Gasteiger partial charge on any atom is -0.454 e. The molecule has 0 bridgehead atoms. The second-order valence-electron chi connectivity index (χ2n) is 4.13. The lowest BCUT2D eigenvalue weighted by molar-refractivity contribution is 0.0994. The Morgan fingerprint density at radius 3 is 3.00 bits per heavy atom. The van der Waals surface area contributed by atoms with Crippen molar-refractivity contribution in [2.75, 3.05) is 5.32 Å². The largest absolute Gasteiger partial charge is 0.454 e. The molecule has 0 saturated carbocycles. The van der Waals surface area contributed by atoms with Gasteiger partial charge in [-0.25, -0.2) is 0 Å². The molecule has 106 valence electrons. The number of hydrogen-bond donors (Lipinski definition) is 1. The van der Waals surface area contributed by atoms with Gasteiger partial charge in [0, 0.05) is 12.3 Å². The third kappa shape index (κ3) is 3.06. The first-order valence-electron chi connectivity index (χ1n) is 6.04. The molecule has 0 saturated heterocycles. The molecule has 0 unspecified atom stereocenters. The smallest absolute Gasteiger partial charge is 0.293 e. The van der Waals surface area contributed by atoms with Gasteiger partial charge in [-0.2, -0.15) is 0 Å². The topological polar surface area (TPSA) is 90.0 Å². The molecule has 0 radical (unpaired) electrons. The van der Waals surface area contributed by atoms with Crippen molar-refractivity contribution in [3.8, 4) is 0 Å². The fraction of sp³-hybridized carbons (Fsp3) is 0.0769. The van der Waals surface area contributed by atoms with Crippen LogP contribution in [0.1, 0.15) is 16.3 Å². The van der Waals surface area contributed by atoms with E-state index in [0.29, 0.717) is 10.9 Å². The Morgan fingerprint density at radius 2 is 2.24 bits per heavy atom. The highest BCUT2D eigenvalue weighted by atomic mass is 32.1. The maximum Gasteiger partial charge on any atom is 0.293 e. The van der Waals surface area contributed by atoms with E-state index in [2.05, 4.69) is 15.5 Å². The summed E-state index contributed by atoms with van der Waals surface area (Å²) in [4.78, 5) is 23.5. The Labute approximate surface area is 122 Å². The van der Waals surface area contributed by atoms with Crippen molar-refractivity contribution in [2.24, 2.45) is 0 Å². The summed E-state index contributed by atoms with van der Waals surface area (Å²) in [6, 6.07) is 8.11. The molecule has 7 nitrogen and oxygen atoms in total. The highest BCUT2D eigenvalue weighted by molar-refractivity contribution is 7.13.